The van der Waals surface area contributed by atoms with Crippen molar-refractivity contribution < 1.29 is 9.72 Å². The summed E-state index contributed by atoms with van der Waals surface area (Å²) in [4.78, 5) is 22.7. The number of hydrogen-bond acceptors (Lipinski definition) is 3. The molecular formula is C21H14N2O3. The molecule has 5 nitrogen and oxygen atoms in total. The van der Waals surface area contributed by atoms with E-state index in [1.807, 2.05) is 30.3 Å². The molecule has 0 aromatic heterocycles. The molecule has 0 heterocycles. The van der Waals surface area contributed by atoms with Crippen molar-refractivity contribution in [3.63, 3.8) is 0 Å². The molecule has 0 aliphatic heterocycles. The van der Waals surface area contributed by atoms with E-state index in [9.17, 15) is 14.9 Å². The Morgan fingerprint density at radius 3 is 2.04 bits per heavy atom. The van der Waals surface area contributed by atoms with Crippen LogP contribution in [0.4, 0.5) is 11.4 Å². The fourth-order valence-corrected chi connectivity index (χ4v) is 2.33. The minimum absolute atomic E-state index is 0.0189. The molecule has 0 spiro atoms. The van der Waals surface area contributed by atoms with Gasteiger partial charge in [-0.1, -0.05) is 42.2 Å². The number of nitrogens with one attached hydrogen (secondary N) is 1. The van der Waals surface area contributed by atoms with Crippen LogP contribution in [0.5, 0.6) is 0 Å². The lowest BCUT2D eigenvalue weighted by molar-refractivity contribution is -0.385. The molecule has 26 heavy (non-hydrogen) atoms. The standard InChI is InChI=1S/C21H14N2O3/c24-21(19-8-4-5-9-20(19)23(25)26)22-18-14-12-17(13-15-18)11-10-16-6-2-1-3-7-16/h1-9,12-15H,(H,22,24). The molecule has 3 aromatic rings. The Morgan fingerprint density at radius 2 is 1.38 bits per heavy atom. The van der Waals surface area contributed by atoms with Gasteiger partial charge in [-0.15, -0.1) is 0 Å². The van der Waals surface area contributed by atoms with E-state index in [4.69, 9.17) is 0 Å². The van der Waals surface area contributed by atoms with Gasteiger partial charge in [0.1, 0.15) is 5.56 Å². The van der Waals surface area contributed by atoms with Gasteiger partial charge < -0.3 is 5.32 Å². The molecule has 0 saturated heterocycles. The fraction of sp³-hybridized carbons (Fsp3) is 0. The van der Waals surface area contributed by atoms with Gasteiger partial charge in [0.15, 0.2) is 0 Å². The van der Waals surface area contributed by atoms with E-state index >= 15 is 0 Å². The highest BCUT2D eigenvalue weighted by Gasteiger charge is 2.18. The number of carbonyl (C=O) groups is 1. The van der Waals surface area contributed by atoms with Crippen molar-refractivity contribution in [1.29, 1.82) is 0 Å². The monoisotopic (exact) mass is 342 g/mol. The molecule has 0 fully saturated rings. The number of nitro benzene ring substituents is 1. The lowest BCUT2D eigenvalue weighted by atomic mass is 10.1. The Bertz CT molecular complexity index is 1000. The molecule has 0 aliphatic carbocycles. The summed E-state index contributed by atoms with van der Waals surface area (Å²) in [6.07, 6.45) is 0. The molecule has 0 unspecified atom stereocenters. The highest BCUT2D eigenvalue weighted by atomic mass is 16.6. The highest BCUT2D eigenvalue weighted by molar-refractivity contribution is 6.07. The van der Waals surface area contributed by atoms with Crippen molar-refractivity contribution in [2.75, 3.05) is 5.32 Å². The number of nitro groups is 1. The van der Waals surface area contributed by atoms with Crippen molar-refractivity contribution in [1.82, 2.24) is 0 Å². The Labute approximate surface area is 150 Å². The number of para-hydroxylation sites is 1. The first-order chi connectivity index (χ1) is 12.6. The zero-order valence-electron chi connectivity index (χ0n) is 13.7. The van der Waals surface area contributed by atoms with E-state index in [2.05, 4.69) is 17.2 Å². The Morgan fingerprint density at radius 1 is 0.808 bits per heavy atom. The number of nitrogens with zero attached hydrogens (tertiary/aromatic N) is 1. The van der Waals surface area contributed by atoms with Crippen LogP contribution in [0.15, 0.2) is 78.9 Å². The third kappa shape index (κ3) is 4.13. The van der Waals surface area contributed by atoms with E-state index in [1.54, 1.807) is 30.3 Å². The van der Waals surface area contributed by atoms with Gasteiger partial charge in [-0.05, 0) is 42.5 Å². The Balaban J connectivity index is 1.73. The molecule has 0 bridgehead atoms. The minimum atomic E-state index is -0.572. The average Bonchev–Trinajstić information content (AvgIpc) is 2.68. The first kappa shape index (κ1) is 16.9. The van der Waals surface area contributed by atoms with Crippen molar-refractivity contribution in [2.45, 2.75) is 0 Å². The summed E-state index contributed by atoms with van der Waals surface area (Å²) < 4.78 is 0. The van der Waals surface area contributed by atoms with Crippen LogP contribution in [-0.4, -0.2) is 10.8 Å². The Kier molecular flexibility index (Phi) is 5.06. The molecule has 126 valence electrons. The summed E-state index contributed by atoms with van der Waals surface area (Å²) in [5, 5.41) is 13.7. The smallest absolute Gasteiger partial charge is 0.282 e. The molecule has 0 saturated carbocycles. The summed E-state index contributed by atoms with van der Waals surface area (Å²) in [5.41, 5.74) is 2.05. The molecule has 3 rings (SSSR count). The average molecular weight is 342 g/mol. The van der Waals surface area contributed by atoms with Crippen LogP contribution >= 0.6 is 0 Å². The van der Waals surface area contributed by atoms with Crippen molar-refractivity contribution in [3.05, 3.63) is 106 Å². The quantitative estimate of drug-likeness (QED) is 0.439. The van der Waals surface area contributed by atoms with E-state index in [0.29, 0.717) is 5.69 Å². The molecular weight excluding hydrogens is 328 g/mol. The predicted molar refractivity (Wildman–Crippen MR) is 99.9 cm³/mol. The van der Waals surface area contributed by atoms with Gasteiger partial charge in [0.2, 0.25) is 0 Å². The highest BCUT2D eigenvalue weighted by Crippen LogP contribution is 2.19. The zero-order valence-corrected chi connectivity index (χ0v) is 13.7. The fourth-order valence-electron chi connectivity index (χ4n) is 2.33. The normalized spacial score (nSPS) is 9.69. The number of rotatable bonds is 3. The van der Waals surface area contributed by atoms with Gasteiger partial charge in [0, 0.05) is 22.9 Å². The molecule has 1 amide bonds. The SMILES string of the molecule is O=C(Nc1ccc(C#Cc2ccccc2)cc1)c1ccccc1[N+](=O)[O-]. The third-order valence-corrected chi connectivity index (χ3v) is 3.61. The van der Waals surface area contributed by atoms with Crippen LogP contribution in [0.2, 0.25) is 0 Å². The van der Waals surface area contributed by atoms with Crippen molar-refractivity contribution in [2.24, 2.45) is 0 Å². The molecule has 0 radical (unpaired) electrons. The van der Waals surface area contributed by atoms with Gasteiger partial charge >= 0.3 is 0 Å². The van der Waals surface area contributed by atoms with Crippen LogP contribution in [0, 0.1) is 22.0 Å². The number of amides is 1. The number of benzene rings is 3. The minimum Gasteiger partial charge on any atom is -0.322 e. The molecule has 0 aliphatic rings. The van der Waals surface area contributed by atoms with Gasteiger partial charge in [0.25, 0.3) is 11.6 Å². The first-order valence-corrected chi connectivity index (χ1v) is 7.85. The summed E-state index contributed by atoms with van der Waals surface area (Å²) in [7, 11) is 0. The molecule has 3 aromatic carbocycles. The number of hydrogen-bond donors (Lipinski definition) is 1. The van der Waals surface area contributed by atoms with E-state index in [-0.39, 0.29) is 11.3 Å². The first-order valence-electron chi connectivity index (χ1n) is 7.85. The van der Waals surface area contributed by atoms with E-state index in [1.165, 1.54) is 18.2 Å². The molecule has 0 atom stereocenters. The topological polar surface area (TPSA) is 72.2 Å². The van der Waals surface area contributed by atoms with Gasteiger partial charge in [-0.2, -0.15) is 0 Å². The van der Waals surface area contributed by atoms with Crippen LogP contribution in [-0.2, 0) is 0 Å². The van der Waals surface area contributed by atoms with Crippen LogP contribution in [0.25, 0.3) is 0 Å². The second-order valence-corrected chi connectivity index (χ2v) is 5.42. The van der Waals surface area contributed by atoms with Gasteiger partial charge in [-0.3, -0.25) is 14.9 Å². The zero-order chi connectivity index (χ0) is 18.4. The predicted octanol–water partition coefficient (Wildman–Crippen LogP) is 4.25. The maximum absolute atomic E-state index is 12.3. The van der Waals surface area contributed by atoms with E-state index in [0.717, 1.165) is 11.1 Å². The number of carbonyl (C=O) groups excluding carboxylic acids is 1. The summed E-state index contributed by atoms with van der Waals surface area (Å²) in [5.74, 6) is 5.57. The van der Waals surface area contributed by atoms with Gasteiger partial charge in [-0.25, -0.2) is 0 Å². The maximum atomic E-state index is 12.3. The van der Waals surface area contributed by atoms with Crippen LogP contribution in [0.1, 0.15) is 21.5 Å². The van der Waals surface area contributed by atoms with Crippen molar-refractivity contribution in [3.8, 4) is 11.8 Å². The van der Waals surface area contributed by atoms with Gasteiger partial charge in [0.05, 0.1) is 4.92 Å². The maximum Gasteiger partial charge on any atom is 0.282 e. The second kappa shape index (κ2) is 7.77. The lowest BCUT2D eigenvalue weighted by Gasteiger charge is -2.05. The largest absolute Gasteiger partial charge is 0.322 e. The molecule has 5 heteroatoms. The third-order valence-electron chi connectivity index (χ3n) is 3.61. The Hall–Kier alpha value is -3.91. The number of anilines is 1. The summed E-state index contributed by atoms with van der Waals surface area (Å²) in [6.45, 7) is 0. The second-order valence-electron chi connectivity index (χ2n) is 5.42. The summed E-state index contributed by atoms with van der Waals surface area (Å²) >= 11 is 0. The van der Waals surface area contributed by atoms with Crippen LogP contribution < -0.4 is 5.32 Å². The van der Waals surface area contributed by atoms with E-state index < -0.39 is 10.8 Å². The van der Waals surface area contributed by atoms with Crippen molar-refractivity contribution >= 4 is 17.3 Å². The van der Waals surface area contributed by atoms with Crippen LogP contribution in [0.3, 0.4) is 0 Å². The molecule has 1 N–H and O–H groups in total. The summed E-state index contributed by atoms with van der Waals surface area (Å²) in [6, 6.07) is 22.4. The lowest BCUT2D eigenvalue weighted by Crippen LogP contribution is -2.13.